The standard InChI is InChI=1S/C7H7Cl2NO3S/c8-7(1-2-7)6-3-5(10-13-6)4-14(9,11)12/h3H,1-2,4H2. The van der Waals surface area contributed by atoms with Crippen molar-refractivity contribution in [2.45, 2.75) is 23.5 Å². The molecule has 0 saturated heterocycles. The third-order valence-corrected chi connectivity index (χ3v) is 3.54. The molecule has 1 saturated carbocycles. The Morgan fingerprint density at radius 2 is 2.21 bits per heavy atom. The fourth-order valence-corrected chi connectivity index (χ4v) is 2.13. The topological polar surface area (TPSA) is 60.2 Å². The smallest absolute Gasteiger partial charge is 0.238 e. The first-order valence-corrected chi connectivity index (χ1v) is 6.82. The Kier molecular flexibility index (Phi) is 2.28. The summed E-state index contributed by atoms with van der Waals surface area (Å²) < 4.78 is 26.4. The zero-order valence-electron chi connectivity index (χ0n) is 7.03. The maximum atomic E-state index is 10.7. The SMILES string of the molecule is O=S(=O)(Cl)Cc1cc(C2(Cl)CC2)on1. The van der Waals surface area contributed by atoms with E-state index in [2.05, 4.69) is 5.16 Å². The van der Waals surface area contributed by atoms with E-state index in [1.807, 2.05) is 0 Å². The summed E-state index contributed by atoms with van der Waals surface area (Å²) in [5, 5.41) is 3.58. The fraction of sp³-hybridized carbons (Fsp3) is 0.571. The van der Waals surface area contributed by atoms with Crippen molar-refractivity contribution in [2.75, 3.05) is 0 Å². The van der Waals surface area contributed by atoms with E-state index in [0.717, 1.165) is 12.8 Å². The molecule has 0 unspecified atom stereocenters. The monoisotopic (exact) mass is 255 g/mol. The third kappa shape index (κ3) is 2.21. The molecule has 0 aliphatic heterocycles. The number of nitrogens with zero attached hydrogens (tertiary/aromatic N) is 1. The number of halogens is 2. The van der Waals surface area contributed by atoms with Crippen LogP contribution in [-0.4, -0.2) is 13.6 Å². The fourth-order valence-electron chi connectivity index (χ4n) is 1.12. The normalized spacial score (nSPS) is 19.6. The van der Waals surface area contributed by atoms with Crippen LogP contribution in [0.2, 0.25) is 0 Å². The third-order valence-electron chi connectivity index (χ3n) is 2.01. The van der Waals surface area contributed by atoms with E-state index in [0.29, 0.717) is 11.5 Å². The van der Waals surface area contributed by atoms with Crippen LogP contribution in [0.25, 0.3) is 0 Å². The lowest BCUT2D eigenvalue weighted by Gasteiger charge is -1.95. The average Bonchev–Trinajstić information content (AvgIpc) is 2.60. The van der Waals surface area contributed by atoms with Crippen LogP contribution in [-0.2, 0) is 19.7 Å². The van der Waals surface area contributed by atoms with E-state index >= 15 is 0 Å². The van der Waals surface area contributed by atoms with Gasteiger partial charge < -0.3 is 4.52 Å². The molecule has 1 aliphatic rings. The van der Waals surface area contributed by atoms with Crippen molar-refractivity contribution in [3.05, 3.63) is 17.5 Å². The molecular weight excluding hydrogens is 249 g/mol. The molecule has 0 bridgehead atoms. The minimum atomic E-state index is -3.58. The Bertz CT molecular complexity index is 449. The number of aromatic nitrogens is 1. The van der Waals surface area contributed by atoms with Gasteiger partial charge in [-0.2, -0.15) is 0 Å². The number of hydrogen-bond acceptors (Lipinski definition) is 4. The quantitative estimate of drug-likeness (QED) is 0.612. The van der Waals surface area contributed by atoms with Gasteiger partial charge in [0.05, 0.1) is 0 Å². The number of alkyl halides is 1. The molecule has 7 heteroatoms. The highest BCUT2D eigenvalue weighted by Gasteiger charge is 2.46. The summed E-state index contributed by atoms with van der Waals surface area (Å²) in [5.41, 5.74) is 0.293. The van der Waals surface area contributed by atoms with Crippen molar-refractivity contribution in [1.82, 2.24) is 5.16 Å². The van der Waals surface area contributed by atoms with Crippen LogP contribution in [0.3, 0.4) is 0 Å². The molecule has 0 atom stereocenters. The summed E-state index contributed by atoms with van der Waals surface area (Å²) in [7, 11) is 1.48. The maximum absolute atomic E-state index is 10.7. The van der Waals surface area contributed by atoms with Gasteiger partial charge in [0.1, 0.15) is 16.3 Å². The Hall–Kier alpha value is -0.260. The van der Waals surface area contributed by atoms with Crippen molar-refractivity contribution in [3.63, 3.8) is 0 Å². The van der Waals surface area contributed by atoms with Gasteiger partial charge in [-0.25, -0.2) is 8.42 Å². The van der Waals surface area contributed by atoms with Gasteiger partial charge in [-0.3, -0.25) is 0 Å². The van der Waals surface area contributed by atoms with Crippen molar-refractivity contribution < 1.29 is 12.9 Å². The van der Waals surface area contributed by atoms with Gasteiger partial charge in [0.2, 0.25) is 9.05 Å². The zero-order chi connectivity index (χ0) is 10.4. The Balaban J connectivity index is 2.18. The number of hydrogen-bond donors (Lipinski definition) is 0. The summed E-state index contributed by atoms with van der Waals surface area (Å²) in [5.74, 6) is 0.194. The van der Waals surface area contributed by atoms with Crippen LogP contribution in [0.4, 0.5) is 0 Å². The molecule has 1 aromatic heterocycles. The van der Waals surface area contributed by atoms with Gasteiger partial charge in [-0.05, 0) is 12.8 Å². The van der Waals surface area contributed by atoms with Crippen LogP contribution < -0.4 is 0 Å². The molecule has 1 aliphatic carbocycles. The molecule has 1 fully saturated rings. The second-order valence-electron chi connectivity index (χ2n) is 3.33. The van der Waals surface area contributed by atoms with Gasteiger partial charge in [0, 0.05) is 16.7 Å². The molecule has 0 radical (unpaired) electrons. The minimum absolute atomic E-state index is 0.293. The van der Waals surface area contributed by atoms with Crippen LogP contribution >= 0.6 is 22.3 Å². The van der Waals surface area contributed by atoms with E-state index in [1.54, 1.807) is 6.07 Å². The first-order chi connectivity index (χ1) is 6.39. The van der Waals surface area contributed by atoms with Crippen LogP contribution in [0.15, 0.2) is 10.6 Å². The second kappa shape index (κ2) is 3.12. The van der Waals surface area contributed by atoms with Gasteiger partial charge >= 0.3 is 0 Å². The molecular formula is C7H7Cl2NO3S. The van der Waals surface area contributed by atoms with Crippen molar-refractivity contribution in [2.24, 2.45) is 0 Å². The predicted molar refractivity (Wildman–Crippen MR) is 51.7 cm³/mol. The van der Waals surface area contributed by atoms with E-state index in [9.17, 15) is 8.42 Å². The summed E-state index contributed by atoms with van der Waals surface area (Å²) in [6.07, 6.45) is 1.66. The van der Waals surface area contributed by atoms with Crippen molar-refractivity contribution in [1.29, 1.82) is 0 Å². The molecule has 2 rings (SSSR count). The Labute approximate surface area is 90.6 Å². The van der Waals surface area contributed by atoms with Crippen LogP contribution in [0.5, 0.6) is 0 Å². The van der Waals surface area contributed by atoms with Gasteiger partial charge in [0.15, 0.2) is 5.76 Å². The summed E-state index contributed by atoms with van der Waals surface area (Å²) in [4.78, 5) is -0.457. The average molecular weight is 256 g/mol. The second-order valence-corrected chi connectivity index (χ2v) is 6.83. The lowest BCUT2D eigenvalue weighted by molar-refractivity contribution is 0.372. The maximum Gasteiger partial charge on any atom is 0.238 e. The molecule has 14 heavy (non-hydrogen) atoms. The van der Waals surface area contributed by atoms with Gasteiger partial charge in [0.25, 0.3) is 0 Å². The molecule has 0 N–H and O–H groups in total. The minimum Gasteiger partial charge on any atom is -0.359 e. The first kappa shape index (κ1) is 10.3. The molecule has 78 valence electrons. The Morgan fingerprint density at radius 1 is 1.57 bits per heavy atom. The van der Waals surface area contributed by atoms with E-state index in [1.165, 1.54) is 0 Å². The van der Waals surface area contributed by atoms with Crippen LogP contribution in [0, 0.1) is 0 Å². The largest absolute Gasteiger partial charge is 0.359 e. The lowest BCUT2D eigenvalue weighted by Crippen LogP contribution is -1.95. The highest BCUT2D eigenvalue weighted by atomic mass is 35.7. The van der Waals surface area contributed by atoms with E-state index in [-0.39, 0.29) is 5.75 Å². The highest BCUT2D eigenvalue weighted by molar-refractivity contribution is 8.13. The highest BCUT2D eigenvalue weighted by Crippen LogP contribution is 2.52. The lowest BCUT2D eigenvalue weighted by atomic mass is 10.3. The molecule has 0 spiro atoms. The van der Waals surface area contributed by atoms with Crippen molar-refractivity contribution >= 4 is 31.3 Å². The number of rotatable bonds is 3. The van der Waals surface area contributed by atoms with Crippen molar-refractivity contribution in [3.8, 4) is 0 Å². The zero-order valence-corrected chi connectivity index (χ0v) is 9.36. The van der Waals surface area contributed by atoms with Crippen LogP contribution in [0.1, 0.15) is 24.3 Å². The van der Waals surface area contributed by atoms with Gasteiger partial charge in [-0.1, -0.05) is 5.16 Å². The summed E-state index contributed by atoms with van der Waals surface area (Å²) >= 11 is 6.04. The summed E-state index contributed by atoms with van der Waals surface area (Å²) in [6, 6.07) is 1.54. The summed E-state index contributed by atoms with van der Waals surface area (Å²) in [6.45, 7) is 0. The molecule has 1 aromatic rings. The molecule has 0 amide bonds. The first-order valence-electron chi connectivity index (χ1n) is 3.96. The van der Waals surface area contributed by atoms with E-state index < -0.39 is 13.9 Å². The predicted octanol–water partition coefficient (Wildman–Crippen LogP) is 1.97. The van der Waals surface area contributed by atoms with Gasteiger partial charge in [-0.15, -0.1) is 11.6 Å². The molecule has 1 heterocycles. The molecule has 0 aromatic carbocycles. The Morgan fingerprint density at radius 3 is 2.71 bits per heavy atom. The molecule has 4 nitrogen and oxygen atoms in total. The van der Waals surface area contributed by atoms with E-state index in [4.69, 9.17) is 26.8 Å².